The lowest BCUT2D eigenvalue weighted by atomic mass is 9.79. The van der Waals surface area contributed by atoms with Gasteiger partial charge in [-0.2, -0.15) is 0 Å². The Hall–Kier alpha value is -1.37. The molecule has 0 saturated carbocycles. The van der Waals surface area contributed by atoms with Crippen LogP contribution in [0.1, 0.15) is 23.2 Å². The van der Waals surface area contributed by atoms with E-state index in [2.05, 4.69) is 10.6 Å². The number of halogens is 2. The highest BCUT2D eigenvalue weighted by Crippen LogP contribution is 2.28. The van der Waals surface area contributed by atoms with E-state index < -0.39 is 5.82 Å². The lowest BCUT2D eigenvalue weighted by Gasteiger charge is -2.37. The molecule has 0 unspecified atom stereocenters. The van der Waals surface area contributed by atoms with Gasteiger partial charge in [-0.15, -0.1) is 12.4 Å². The van der Waals surface area contributed by atoms with Crippen molar-refractivity contribution in [3.63, 3.8) is 0 Å². The third-order valence-corrected chi connectivity index (χ3v) is 4.15. The van der Waals surface area contributed by atoms with Crippen molar-refractivity contribution in [2.24, 2.45) is 5.41 Å². The van der Waals surface area contributed by atoms with Gasteiger partial charge < -0.3 is 20.1 Å². The van der Waals surface area contributed by atoms with Gasteiger partial charge in [-0.25, -0.2) is 4.39 Å². The van der Waals surface area contributed by atoms with Gasteiger partial charge in [0.05, 0.1) is 13.7 Å². The number of carbonyl (C=O) groups excluding carboxylic acids is 1. The Morgan fingerprint density at radius 1 is 1.35 bits per heavy atom. The normalized spacial score (nSPS) is 16.3. The third-order valence-electron chi connectivity index (χ3n) is 4.15. The zero-order valence-corrected chi connectivity index (χ0v) is 14.3. The van der Waals surface area contributed by atoms with Gasteiger partial charge in [0.15, 0.2) is 11.6 Å². The molecule has 2 rings (SSSR count). The fourth-order valence-electron chi connectivity index (χ4n) is 2.81. The molecule has 130 valence electrons. The van der Waals surface area contributed by atoms with Crippen molar-refractivity contribution in [1.82, 2.24) is 10.6 Å². The van der Waals surface area contributed by atoms with Crippen molar-refractivity contribution < 1.29 is 18.7 Å². The zero-order chi connectivity index (χ0) is 16.0. The van der Waals surface area contributed by atoms with Crippen LogP contribution in [0.3, 0.4) is 0 Å². The molecule has 0 spiro atoms. The molecular weight excluding hydrogens is 323 g/mol. The number of amides is 1. The molecule has 0 radical (unpaired) electrons. The highest BCUT2D eigenvalue weighted by atomic mass is 35.5. The van der Waals surface area contributed by atoms with Gasteiger partial charge in [-0.05, 0) is 44.1 Å². The first-order chi connectivity index (χ1) is 10.6. The van der Waals surface area contributed by atoms with Crippen LogP contribution >= 0.6 is 12.4 Å². The Bertz CT molecular complexity index is 517. The first-order valence-corrected chi connectivity index (χ1v) is 7.42. The highest BCUT2D eigenvalue weighted by Gasteiger charge is 2.32. The molecule has 1 heterocycles. The minimum atomic E-state index is -0.478. The zero-order valence-electron chi connectivity index (χ0n) is 13.5. The maximum absolute atomic E-state index is 13.4. The molecule has 5 nitrogen and oxygen atoms in total. The molecule has 0 aliphatic carbocycles. The Labute approximate surface area is 142 Å². The van der Waals surface area contributed by atoms with Gasteiger partial charge in [0.1, 0.15) is 0 Å². The molecule has 0 aromatic heterocycles. The van der Waals surface area contributed by atoms with Crippen LogP contribution in [0.2, 0.25) is 0 Å². The number of hydrogen-bond donors (Lipinski definition) is 2. The summed E-state index contributed by atoms with van der Waals surface area (Å²) in [6.45, 7) is 3.00. The van der Waals surface area contributed by atoms with Gasteiger partial charge in [-0.3, -0.25) is 4.79 Å². The molecule has 1 amide bonds. The van der Waals surface area contributed by atoms with Gasteiger partial charge in [0.25, 0.3) is 5.91 Å². The predicted molar refractivity (Wildman–Crippen MR) is 88.9 cm³/mol. The molecule has 0 bridgehead atoms. The number of carbonyl (C=O) groups is 1. The SMILES string of the molecule is COCC1(CNC(=O)c2ccc(F)c(OC)c2)CCNCC1.Cl. The topological polar surface area (TPSA) is 59.6 Å². The summed E-state index contributed by atoms with van der Waals surface area (Å²) in [5.41, 5.74) is 0.347. The van der Waals surface area contributed by atoms with Crippen molar-refractivity contribution in [2.45, 2.75) is 12.8 Å². The first kappa shape index (κ1) is 19.7. The van der Waals surface area contributed by atoms with E-state index in [0.29, 0.717) is 18.7 Å². The van der Waals surface area contributed by atoms with Crippen molar-refractivity contribution >= 4 is 18.3 Å². The Kier molecular flexibility index (Phi) is 7.75. The number of benzene rings is 1. The molecule has 2 N–H and O–H groups in total. The summed E-state index contributed by atoms with van der Waals surface area (Å²) in [5, 5.41) is 6.25. The summed E-state index contributed by atoms with van der Waals surface area (Å²) in [4.78, 5) is 12.3. The summed E-state index contributed by atoms with van der Waals surface area (Å²) in [6.07, 6.45) is 1.90. The van der Waals surface area contributed by atoms with Crippen molar-refractivity contribution in [1.29, 1.82) is 0 Å². The summed E-state index contributed by atoms with van der Waals surface area (Å²) < 4.78 is 23.6. The van der Waals surface area contributed by atoms with Crippen molar-refractivity contribution in [3.05, 3.63) is 29.6 Å². The van der Waals surface area contributed by atoms with Gasteiger partial charge in [0.2, 0.25) is 0 Å². The summed E-state index contributed by atoms with van der Waals surface area (Å²) in [7, 11) is 3.05. The second kappa shape index (κ2) is 9.05. The van der Waals surface area contributed by atoms with E-state index in [0.717, 1.165) is 25.9 Å². The number of hydrogen-bond acceptors (Lipinski definition) is 4. The maximum atomic E-state index is 13.4. The quantitative estimate of drug-likeness (QED) is 0.827. The molecule has 23 heavy (non-hydrogen) atoms. The van der Waals surface area contributed by atoms with E-state index in [9.17, 15) is 9.18 Å². The van der Waals surface area contributed by atoms with E-state index in [1.54, 1.807) is 7.11 Å². The molecule has 1 saturated heterocycles. The van der Waals surface area contributed by atoms with Crippen LogP contribution in [0.25, 0.3) is 0 Å². The maximum Gasteiger partial charge on any atom is 0.251 e. The van der Waals surface area contributed by atoms with Crippen molar-refractivity contribution in [3.8, 4) is 5.75 Å². The molecule has 7 heteroatoms. The van der Waals surface area contributed by atoms with Crippen LogP contribution in [0.5, 0.6) is 5.75 Å². The second-order valence-electron chi connectivity index (χ2n) is 5.72. The second-order valence-corrected chi connectivity index (χ2v) is 5.72. The van der Waals surface area contributed by atoms with Crippen LogP contribution in [-0.4, -0.2) is 46.4 Å². The molecule has 1 fully saturated rings. The third kappa shape index (κ3) is 5.06. The van der Waals surface area contributed by atoms with E-state index in [1.807, 2.05) is 0 Å². The summed E-state index contributed by atoms with van der Waals surface area (Å²) in [5.74, 6) is -0.637. The number of piperidine rings is 1. The van der Waals surface area contributed by atoms with E-state index in [-0.39, 0.29) is 29.5 Å². The lowest BCUT2D eigenvalue weighted by molar-refractivity contribution is 0.0511. The smallest absolute Gasteiger partial charge is 0.251 e. The Morgan fingerprint density at radius 3 is 2.65 bits per heavy atom. The monoisotopic (exact) mass is 346 g/mol. The molecule has 1 aromatic carbocycles. The fourth-order valence-corrected chi connectivity index (χ4v) is 2.81. The fraction of sp³-hybridized carbons (Fsp3) is 0.562. The number of ether oxygens (including phenoxy) is 2. The average molecular weight is 347 g/mol. The van der Waals surface area contributed by atoms with E-state index in [1.165, 1.54) is 25.3 Å². The predicted octanol–water partition coefficient (Wildman–Crippen LogP) is 2.00. The minimum absolute atomic E-state index is 0. The van der Waals surface area contributed by atoms with Crippen molar-refractivity contribution in [2.75, 3.05) is 40.5 Å². The Morgan fingerprint density at radius 2 is 2.04 bits per heavy atom. The van der Waals surface area contributed by atoms with Gasteiger partial charge in [-0.1, -0.05) is 0 Å². The molecule has 0 atom stereocenters. The minimum Gasteiger partial charge on any atom is -0.494 e. The molecule has 1 aliphatic rings. The molecular formula is C16H24ClFN2O3. The Balaban J connectivity index is 0.00000264. The van der Waals surface area contributed by atoms with Gasteiger partial charge in [0, 0.05) is 24.6 Å². The summed E-state index contributed by atoms with van der Waals surface area (Å²) >= 11 is 0. The molecule has 1 aromatic rings. The molecule has 1 aliphatic heterocycles. The van der Waals surface area contributed by atoms with Gasteiger partial charge >= 0.3 is 0 Å². The number of methoxy groups -OCH3 is 2. The lowest BCUT2D eigenvalue weighted by Crippen LogP contribution is -2.47. The number of nitrogens with one attached hydrogen (secondary N) is 2. The standard InChI is InChI=1S/C16H23FN2O3.ClH/c1-21-11-16(5-7-18-8-6-16)10-19-15(20)12-3-4-13(17)14(9-12)22-2;/h3-4,9,18H,5-8,10-11H2,1-2H3,(H,19,20);1H. The largest absolute Gasteiger partial charge is 0.494 e. The average Bonchev–Trinajstić information content (AvgIpc) is 2.54. The summed E-state index contributed by atoms with van der Waals surface area (Å²) in [6, 6.07) is 4.11. The van der Waals surface area contributed by atoms with E-state index >= 15 is 0 Å². The van der Waals surface area contributed by atoms with Crippen LogP contribution < -0.4 is 15.4 Å². The van der Waals surface area contributed by atoms with Crippen LogP contribution in [0.4, 0.5) is 4.39 Å². The highest BCUT2D eigenvalue weighted by molar-refractivity contribution is 5.94. The van der Waals surface area contributed by atoms with E-state index in [4.69, 9.17) is 9.47 Å². The first-order valence-electron chi connectivity index (χ1n) is 7.42. The van der Waals surface area contributed by atoms with Crippen LogP contribution in [0.15, 0.2) is 18.2 Å². The number of rotatable bonds is 6. The van der Waals surface area contributed by atoms with Crippen LogP contribution in [-0.2, 0) is 4.74 Å². The van der Waals surface area contributed by atoms with Crippen LogP contribution in [0, 0.1) is 11.2 Å².